The van der Waals surface area contributed by atoms with E-state index in [1.165, 1.54) is 33.0 Å². The molecule has 0 unspecified atom stereocenters. The van der Waals surface area contributed by atoms with E-state index in [1.54, 1.807) is 0 Å². The second kappa shape index (κ2) is 10.1. The number of hydrogen-bond acceptors (Lipinski definition) is 2. The highest BCUT2D eigenvalue weighted by Gasteiger charge is 2.16. The van der Waals surface area contributed by atoms with E-state index in [9.17, 15) is 0 Å². The average Bonchev–Trinajstić information content (AvgIpc) is 3.43. The molecule has 0 spiro atoms. The molecule has 0 atom stereocenters. The quantitative estimate of drug-likeness (QED) is 0.217. The highest BCUT2D eigenvalue weighted by molar-refractivity contribution is 6.06. The minimum atomic E-state index is 0.895. The lowest BCUT2D eigenvalue weighted by molar-refractivity contribution is 0.669. The summed E-state index contributed by atoms with van der Waals surface area (Å²) in [7, 11) is 0. The van der Waals surface area contributed by atoms with Crippen molar-refractivity contribution < 1.29 is 4.42 Å². The van der Waals surface area contributed by atoms with E-state index >= 15 is 0 Å². The van der Waals surface area contributed by atoms with Crippen LogP contribution in [0.2, 0.25) is 0 Å². The Hall–Kier alpha value is -5.60. The fourth-order valence-electron chi connectivity index (χ4n) is 6.05. The predicted molar refractivity (Wildman–Crippen MR) is 177 cm³/mol. The zero-order valence-electron chi connectivity index (χ0n) is 22.9. The average molecular weight is 538 g/mol. The molecule has 0 radical (unpaired) electrons. The van der Waals surface area contributed by atoms with Gasteiger partial charge in [0, 0.05) is 27.8 Å². The molecule has 0 saturated heterocycles. The minimum Gasteiger partial charge on any atom is -0.456 e. The van der Waals surface area contributed by atoms with Crippen LogP contribution < -0.4 is 4.90 Å². The van der Waals surface area contributed by atoms with Gasteiger partial charge in [-0.15, -0.1) is 0 Å². The normalized spacial score (nSPS) is 11.3. The minimum absolute atomic E-state index is 0.895. The van der Waals surface area contributed by atoms with Gasteiger partial charge in [-0.25, -0.2) is 0 Å². The SMILES string of the molecule is c1ccc(N(c2cccc(-c3cccc(-c4cccc5ccccc45)c3)c2)c2ccc3oc4ccccc4c3c2)cc1. The number of rotatable bonds is 5. The standard InChI is InChI=1S/C40H27NO/c1-2-16-32(17-3-1)41(34-23-24-40-38(27-34)37-20-6-7-22-39(37)42-40)33-18-9-14-30(26-33)29-13-8-15-31(25-29)36-21-10-12-28-11-4-5-19-35(28)36/h1-27H. The van der Waals surface area contributed by atoms with E-state index < -0.39 is 0 Å². The van der Waals surface area contributed by atoms with Crippen LogP contribution in [-0.2, 0) is 0 Å². The van der Waals surface area contributed by atoms with Gasteiger partial charge in [0.25, 0.3) is 0 Å². The van der Waals surface area contributed by atoms with Crippen molar-refractivity contribution in [1.82, 2.24) is 0 Å². The van der Waals surface area contributed by atoms with Crippen LogP contribution in [0.1, 0.15) is 0 Å². The fraction of sp³-hybridized carbons (Fsp3) is 0. The smallest absolute Gasteiger partial charge is 0.135 e. The van der Waals surface area contributed by atoms with Gasteiger partial charge in [0.1, 0.15) is 11.2 Å². The Morgan fingerprint density at radius 1 is 0.357 bits per heavy atom. The van der Waals surface area contributed by atoms with Gasteiger partial charge >= 0.3 is 0 Å². The lowest BCUT2D eigenvalue weighted by Crippen LogP contribution is -2.09. The zero-order valence-corrected chi connectivity index (χ0v) is 22.9. The van der Waals surface area contributed by atoms with Crippen LogP contribution in [0.5, 0.6) is 0 Å². The molecular formula is C40H27NO. The molecule has 198 valence electrons. The second-order valence-corrected chi connectivity index (χ2v) is 10.6. The summed E-state index contributed by atoms with van der Waals surface area (Å²) in [6.07, 6.45) is 0. The van der Waals surface area contributed by atoms with Gasteiger partial charge in [-0.05, 0) is 87.6 Å². The molecule has 8 rings (SSSR count). The van der Waals surface area contributed by atoms with Gasteiger partial charge in [-0.3, -0.25) is 0 Å². The molecule has 0 aliphatic carbocycles. The van der Waals surface area contributed by atoms with E-state index in [0.29, 0.717) is 0 Å². The third-order valence-electron chi connectivity index (χ3n) is 8.03. The van der Waals surface area contributed by atoms with Crippen molar-refractivity contribution in [2.45, 2.75) is 0 Å². The van der Waals surface area contributed by atoms with Gasteiger partial charge in [0.2, 0.25) is 0 Å². The molecule has 0 saturated carbocycles. The predicted octanol–water partition coefficient (Wildman–Crippen LogP) is 11.5. The summed E-state index contributed by atoms with van der Waals surface area (Å²) in [4.78, 5) is 2.32. The number of anilines is 3. The molecule has 0 amide bonds. The Labute approximate surface area is 244 Å². The first-order chi connectivity index (χ1) is 20.8. The maximum atomic E-state index is 6.13. The third kappa shape index (κ3) is 4.22. The van der Waals surface area contributed by atoms with Crippen molar-refractivity contribution >= 4 is 49.8 Å². The lowest BCUT2D eigenvalue weighted by atomic mass is 9.95. The summed E-state index contributed by atoms with van der Waals surface area (Å²) in [6, 6.07) is 58.0. The maximum Gasteiger partial charge on any atom is 0.135 e. The van der Waals surface area contributed by atoms with Gasteiger partial charge in [0.05, 0.1) is 0 Å². The highest BCUT2D eigenvalue weighted by Crippen LogP contribution is 2.40. The van der Waals surface area contributed by atoms with Crippen LogP contribution in [0, 0.1) is 0 Å². The first-order valence-corrected chi connectivity index (χ1v) is 14.3. The third-order valence-corrected chi connectivity index (χ3v) is 8.03. The molecule has 0 fully saturated rings. The highest BCUT2D eigenvalue weighted by atomic mass is 16.3. The first-order valence-electron chi connectivity index (χ1n) is 14.3. The summed E-state index contributed by atoms with van der Waals surface area (Å²) in [6.45, 7) is 0. The molecule has 0 aliphatic rings. The van der Waals surface area contributed by atoms with Crippen LogP contribution in [-0.4, -0.2) is 0 Å². The lowest BCUT2D eigenvalue weighted by Gasteiger charge is -2.26. The summed E-state index contributed by atoms with van der Waals surface area (Å²) in [5.41, 5.74) is 9.91. The van der Waals surface area contributed by atoms with E-state index in [0.717, 1.165) is 39.0 Å². The van der Waals surface area contributed by atoms with Crippen molar-refractivity contribution in [2.24, 2.45) is 0 Å². The van der Waals surface area contributed by atoms with Crippen molar-refractivity contribution in [3.8, 4) is 22.3 Å². The Kier molecular flexibility index (Phi) is 5.82. The van der Waals surface area contributed by atoms with Gasteiger partial charge < -0.3 is 9.32 Å². The molecule has 0 aliphatic heterocycles. The van der Waals surface area contributed by atoms with Crippen LogP contribution in [0.25, 0.3) is 55.0 Å². The van der Waals surface area contributed by atoms with Gasteiger partial charge in [-0.1, -0.05) is 109 Å². The monoisotopic (exact) mass is 537 g/mol. The summed E-state index contributed by atoms with van der Waals surface area (Å²) in [5, 5.41) is 4.76. The topological polar surface area (TPSA) is 16.4 Å². The molecule has 2 heteroatoms. The number of para-hydroxylation sites is 2. The van der Waals surface area contributed by atoms with E-state index in [-0.39, 0.29) is 0 Å². The van der Waals surface area contributed by atoms with Gasteiger partial charge in [-0.2, -0.15) is 0 Å². The Balaban J connectivity index is 1.25. The molecule has 0 bridgehead atoms. The fourth-order valence-corrected chi connectivity index (χ4v) is 6.05. The molecular weight excluding hydrogens is 510 g/mol. The van der Waals surface area contributed by atoms with Crippen molar-refractivity contribution in [2.75, 3.05) is 4.90 Å². The van der Waals surface area contributed by atoms with E-state index in [4.69, 9.17) is 4.42 Å². The Morgan fingerprint density at radius 3 is 1.88 bits per heavy atom. The number of furan rings is 1. The summed E-state index contributed by atoms with van der Waals surface area (Å²) in [5.74, 6) is 0. The van der Waals surface area contributed by atoms with Crippen molar-refractivity contribution in [1.29, 1.82) is 0 Å². The maximum absolute atomic E-state index is 6.13. The molecule has 8 aromatic rings. The van der Waals surface area contributed by atoms with Crippen LogP contribution in [0.3, 0.4) is 0 Å². The molecule has 42 heavy (non-hydrogen) atoms. The molecule has 2 nitrogen and oxygen atoms in total. The second-order valence-electron chi connectivity index (χ2n) is 10.6. The molecule has 7 aromatic carbocycles. The number of nitrogens with zero attached hydrogens (tertiary/aromatic N) is 1. The summed E-state index contributed by atoms with van der Waals surface area (Å²) < 4.78 is 6.13. The van der Waals surface area contributed by atoms with Crippen LogP contribution >= 0.6 is 0 Å². The number of benzene rings is 7. The van der Waals surface area contributed by atoms with Crippen LogP contribution in [0.4, 0.5) is 17.1 Å². The first kappa shape index (κ1) is 24.2. The molecule has 0 N–H and O–H groups in total. The summed E-state index contributed by atoms with van der Waals surface area (Å²) >= 11 is 0. The van der Waals surface area contributed by atoms with Crippen LogP contribution in [0.15, 0.2) is 168 Å². The zero-order chi connectivity index (χ0) is 27.9. The largest absolute Gasteiger partial charge is 0.456 e. The number of hydrogen-bond donors (Lipinski definition) is 0. The van der Waals surface area contributed by atoms with Crippen molar-refractivity contribution in [3.63, 3.8) is 0 Å². The van der Waals surface area contributed by atoms with E-state index in [2.05, 4.69) is 157 Å². The molecule has 1 heterocycles. The van der Waals surface area contributed by atoms with E-state index in [1.807, 2.05) is 12.1 Å². The molecule has 1 aromatic heterocycles. The van der Waals surface area contributed by atoms with Gasteiger partial charge in [0.15, 0.2) is 0 Å². The number of fused-ring (bicyclic) bond motifs is 4. The van der Waals surface area contributed by atoms with Crippen molar-refractivity contribution in [3.05, 3.63) is 164 Å². The Bertz CT molecular complexity index is 2200. The Morgan fingerprint density at radius 2 is 0.976 bits per heavy atom.